The van der Waals surface area contributed by atoms with Crippen molar-refractivity contribution in [3.8, 4) is 0 Å². The molecule has 0 aliphatic carbocycles. The molecule has 0 aromatic heterocycles. The average molecular weight is 402 g/mol. The Morgan fingerprint density at radius 1 is 1.08 bits per heavy atom. The van der Waals surface area contributed by atoms with Crippen molar-refractivity contribution >= 4 is 40.9 Å². The van der Waals surface area contributed by atoms with Gasteiger partial charge in [0.1, 0.15) is 0 Å². The van der Waals surface area contributed by atoms with Crippen LogP contribution in [0.4, 0.5) is 18.9 Å². The molecule has 1 aliphatic rings. The SMILES string of the molecule is O=C(O)C1=Cc2cc(Cl)ccc2N(Cc2ccc(Cl)cc2)[C@@H]1C(F)(F)F. The summed E-state index contributed by atoms with van der Waals surface area (Å²) in [5, 5.41) is 10.1. The molecule has 3 nitrogen and oxygen atoms in total. The summed E-state index contributed by atoms with van der Waals surface area (Å²) < 4.78 is 41.2. The van der Waals surface area contributed by atoms with Gasteiger partial charge in [0.2, 0.25) is 0 Å². The Balaban J connectivity index is 2.15. The maximum Gasteiger partial charge on any atom is 0.413 e. The molecule has 136 valence electrons. The Morgan fingerprint density at radius 2 is 1.69 bits per heavy atom. The van der Waals surface area contributed by atoms with Crippen LogP contribution in [-0.2, 0) is 11.3 Å². The molecule has 2 aromatic rings. The number of halogens is 5. The number of fused-ring (bicyclic) bond motifs is 1. The third-order valence-corrected chi connectivity index (χ3v) is 4.53. The minimum absolute atomic E-state index is 0.138. The number of benzene rings is 2. The molecule has 3 rings (SSSR count). The fraction of sp³-hybridized carbons (Fsp3) is 0.167. The fourth-order valence-electron chi connectivity index (χ4n) is 2.95. The fourth-order valence-corrected chi connectivity index (χ4v) is 3.26. The van der Waals surface area contributed by atoms with Gasteiger partial charge in [0.05, 0.1) is 5.57 Å². The van der Waals surface area contributed by atoms with E-state index in [2.05, 4.69) is 0 Å². The monoisotopic (exact) mass is 401 g/mol. The van der Waals surface area contributed by atoms with Crippen molar-refractivity contribution in [1.29, 1.82) is 0 Å². The van der Waals surface area contributed by atoms with Crippen LogP contribution in [0.3, 0.4) is 0 Å². The van der Waals surface area contributed by atoms with Crippen LogP contribution in [0, 0.1) is 0 Å². The van der Waals surface area contributed by atoms with Crippen LogP contribution in [0.2, 0.25) is 10.0 Å². The average Bonchev–Trinajstić information content (AvgIpc) is 2.54. The van der Waals surface area contributed by atoms with Crippen molar-refractivity contribution in [2.75, 3.05) is 4.90 Å². The highest BCUT2D eigenvalue weighted by Gasteiger charge is 2.50. The lowest BCUT2D eigenvalue weighted by Gasteiger charge is -2.39. The summed E-state index contributed by atoms with van der Waals surface area (Å²) in [5.41, 5.74) is 0.401. The molecular weight excluding hydrogens is 390 g/mol. The van der Waals surface area contributed by atoms with Crippen LogP contribution >= 0.6 is 23.2 Å². The van der Waals surface area contributed by atoms with Gasteiger partial charge in [-0.3, -0.25) is 0 Å². The van der Waals surface area contributed by atoms with E-state index in [9.17, 15) is 23.1 Å². The second-order valence-corrected chi connectivity index (χ2v) is 6.68. The predicted molar refractivity (Wildman–Crippen MR) is 94.5 cm³/mol. The number of alkyl halides is 3. The molecule has 0 fully saturated rings. The molecule has 0 radical (unpaired) electrons. The molecule has 8 heteroatoms. The molecular formula is C18H12Cl2F3NO2. The lowest BCUT2D eigenvalue weighted by atomic mass is 9.94. The molecule has 0 unspecified atom stereocenters. The van der Waals surface area contributed by atoms with Crippen molar-refractivity contribution in [2.24, 2.45) is 0 Å². The molecule has 2 aromatic carbocycles. The molecule has 0 saturated heterocycles. The maximum absolute atomic E-state index is 13.7. The van der Waals surface area contributed by atoms with Crippen molar-refractivity contribution < 1.29 is 23.1 Å². The van der Waals surface area contributed by atoms with Gasteiger partial charge in [-0.15, -0.1) is 0 Å². The maximum atomic E-state index is 13.7. The molecule has 1 heterocycles. The van der Waals surface area contributed by atoms with Gasteiger partial charge >= 0.3 is 12.1 Å². The zero-order chi connectivity index (χ0) is 19.1. The lowest BCUT2D eigenvalue weighted by molar-refractivity contribution is -0.150. The van der Waals surface area contributed by atoms with Crippen LogP contribution in [0.1, 0.15) is 11.1 Å². The Labute approximate surface area is 157 Å². The highest BCUT2D eigenvalue weighted by atomic mass is 35.5. The van der Waals surface area contributed by atoms with E-state index >= 15 is 0 Å². The number of rotatable bonds is 3. The summed E-state index contributed by atoms with van der Waals surface area (Å²) in [6, 6.07) is 8.45. The third-order valence-electron chi connectivity index (χ3n) is 4.04. The van der Waals surface area contributed by atoms with Gasteiger partial charge in [-0.25, -0.2) is 4.79 Å². The molecule has 0 spiro atoms. The molecule has 26 heavy (non-hydrogen) atoms. The Morgan fingerprint density at radius 3 is 2.27 bits per heavy atom. The Hall–Kier alpha value is -2.18. The second kappa shape index (κ2) is 6.85. The smallest absolute Gasteiger partial charge is 0.413 e. The van der Waals surface area contributed by atoms with Crippen LogP contribution in [0.5, 0.6) is 0 Å². The number of carboxylic acid groups (broad SMARTS) is 1. The largest absolute Gasteiger partial charge is 0.478 e. The van der Waals surface area contributed by atoms with E-state index in [4.69, 9.17) is 23.2 Å². The van der Waals surface area contributed by atoms with E-state index in [0.29, 0.717) is 21.2 Å². The van der Waals surface area contributed by atoms with E-state index in [1.807, 2.05) is 0 Å². The molecule has 1 aliphatic heterocycles. The number of nitrogens with zero attached hydrogens (tertiary/aromatic N) is 1. The van der Waals surface area contributed by atoms with Crippen LogP contribution in [0.25, 0.3) is 6.08 Å². The van der Waals surface area contributed by atoms with Crippen molar-refractivity contribution in [2.45, 2.75) is 18.8 Å². The first-order valence-electron chi connectivity index (χ1n) is 7.49. The topological polar surface area (TPSA) is 40.5 Å². The zero-order valence-corrected chi connectivity index (χ0v) is 14.6. The number of hydrogen-bond donors (Lipinski definition) is 1. The molecule has 1 atom stereocenters. The second-order valence-electron chi connectivity index (χ2n) is 5.81. The van der Waals surface area contributed by atoms with E-state index < -0.39 is 23.8 Å². The quantitative estimate of drug-likeness (QED) is 0.746. The number of carbonyl (C=O) groups is 1. The zero-order valence-electron chi connectivity index (χ0n) is 13.1. The first kappa shape index (κ1) is 18.6. The van der Waals surface area contributed by atoms with Crippen molar-refractivity contribution in [1.82, 2.24) is 0 Å². The highest BCUT2D eigenvalue weighted by molar-refractivity contribution is 6.31. The van der Waals surface area contributed by atoms with Gasteiger partial charge in [-0.1, -0.05) is 35.3 Å². The van der Waals surface area contributed by atoms with Crippen molar-refractivity contribution in [3.63, 3.8) is 0 Å². The van der Waals surface area contributed by atoms with Gasteiger partial charge in [0.25, 0.3) is 0 Å². The number of hydrogen-bond acceptors (Lipinski definition) is 2. The van der Waals surface area contributed by atoms with Gasteiger partial charge in [0, 0.05) is 22.3 Å². The van der Waals surface area contributed by atoms with Crippen molar-refractivity contribution in [3.05, 3.63) is 69.2 Å². The van der Waals surface area contributed by atoms with E-state index in [1.54, 1.807) is 24.3 Å². The minimum atomic E-state index is -4.77. The van der Waals surface area contributed by atoms with Crippen LogP contribution in [-0.4, -0.2) is 23.3 Å². The molecule has 0 saturated carbocycles. The molecule has 0 amide bonds. The van der Waals surface area contributed by atoms with Gasteiger partial charge in [-0.2, -0.15) is 13.2 Å². The Bertz CT molecular complexity index is 879. The number of aliphatic carboxylic acids is 1. The summed E-state index contributed by atoms with van der Waals surface area (Å²) in [6.07, 6.45) is -3.74. The number of carboxylic acids is 1. The summed E-state index contributed by atoms with van der Waals surface area (Å²) in [6.45, 7) is -0.138. The summed E-state index contributed by atoms with van der Waals surface area (Å²) in [7, 11) is 0. The summed E-state index contributed by atoms with van der Waals surface area (Å²) >= 11 is 11.7. The summed E-state index contributed by atoms with van der Waals surface area (Å²) in [5.74, 6) is -1.63. The third kappa shape index (κ3) is 3.66. The van der Waals surface area contributed by atoms with E-state index in [-0.39, 0.29) is 12.2 Å². The first-order chi connectivity index (χ1) is 12.2. The first-order valence-corrected chi connectivity index (χ1v) is 8.24. The van der Waals surface area contributed by atoms with Gasteiger partial charge < -0.3 is 10.0 Å². The van der Waals surface area contributed by atoms with E-state index in [1.165, 1.54) is 18.2 Å². The van der Waals surface area contributed by atoms with E-state index in [0.717, 1.165) is 11.0 Å². The Kier molecular flexibility index (Phi) is 4.90. The van der Waals surface area contributed by atoms with Crippen LogP contribution in [0.15, 0.2) is 48.0 Å². The molecule has 0 bridgehead atoms. The standard InChI is InChI=1S/C18H12Cl2F3NO2/c19-12-3-1-10(2-4-12)9-24-15-6-5-13(20)7-11(15)8-14(17(25)26)16(24)18(21,22)23/h1-8,16H,9H2,(H,25,26)/t16-/m0/s1. The summed E-state index contributed by atoms with van der Waals surface area (Å²) in [4.78, 5) is 12.5. The normalized spacial score (nSPS) is 16.9. The minimum Gasteiger partial charge on any atom is -0.478 e. The van der Waals surface area contributed by atoms with Crippen LogP contribution < -0.4 is 4.90 Å². The highest BCUT2D eigenvalue weighted by Crippen LogP contribution is 2.41. The lowest BCUT2D eigenvalue weighted by Crippen LogP contribution is -2.50. The number of anilines is 1. The van der Waals surface area contributed by atoms with Gasteiger partial charge in [-0.05, 0) is 47.5 Å². The van der Waals surface area contributed by atoms with Gasteiger partial charge in [0.15, 0.2) is 6.04 Å². The molecule has 1 N–H and O–H groups in total. The predicted octanol–water partition coefficient (Wildman–Crippen LogP) is 5.41.